The highest BCUT2D eigenvalue weighted by atomic mass is 32.1. The second kappa shape index (κ2) is 14.0. The van der Waals surface area contributed by atoms with Crippen LogP contribution in [0, 0.1) is 24.6 Å². The number of para-hydroxylation sites is 1. The molecule has 0 spiro atoms. The van der Waals surface area contributed by atoms with E-state index >= 15 is 0 Å². The van der Waals surface area contributed by atoms with Gasteiger partial charge < -0.3 is 25.8 Å². The van der Waals surface area contributed by atoms with Gasteiger partial charge in [0.05, 0.1) is 41.8 Å². The van der Waals surface area contributed by atoms with E-state index in [1.54, 1.807) is 7.05 Å². The van der Waals surface area contributed by atoms with Gasteiger partial charge in [-0.25, -0.2) is 24.1 Å². The lowest BCUT2D eigenvalue weighted by Crippen LogP contribution is -2.06. The number of carboxylic acid groups (broad SMARTS) is 1. The number of hydrogen-bond donors (Lipinski definition) is 4. The Morgan fingerprint density at radius 1 is 1.14 bits per heavy atom. The third kappa shape index (κ3) is 7.77. The first-order chi connectivity index (χ1) is 20.9. The predicted octanol–water partition coefficient (Wildman–Crippen LogP) is 5.02. The molecular formula is C29H27FN8O3S2. The number of aromatic carboxylic acids is 1. The molecule has 0 amide bonds. The normalized spacial score (nSPS) is 10.8. The van der Waals surface area contributed by atoms with Crippen molar-refractivity contribution in [2.75, 3.05) is 30.8 Å². The fourth-order valence-corrected chi connectivity index (χ4v) is 5.79. The first-order valence-electron chi connectivity index (χ1n) is 13.2. The average Bonchev–Trinajstić information content (AvgIpc) is 3.60. The molecule has 0 radical (unpaired) electrons. The minimum Gasteiger partial charge on any atom is -0.489 e. The Bertz CT molecular complexity index is 1780. The largest absolute Gasteiger partial charge is 0.489 e. The zero-order valence-corrected chi connectivity index (χ0v) is 24.9. The minimum absolute atomic E-state index is 0.0157. The number of hydrogen-bond acceptors (Lipinski definition) is 12. The number of pyridine rings is 1. The molecule has 0 bridgehead atoms. The Hall–Kier alpha value is -4.71. The van der Waals surface area contributed by atoms with Crippen LogP contribution >= 0.6 is 22.7 Å². The van der Waals surface area contributed by atoms with Crippen molar-refractivity contribution >= 4 is 54.9 Å². The number of nitrogens with zero attached hydrogens (tertiary/aromatic N) is 5. The van der Waals surface area contributed by atoms with E-state index in [9.17, 15) is 14.3 Å². The molecule has 0 aliphatic heterocycles. The van der Waals surface area contributed by atoms with E-state index in [2.05, 4.69) is 52.9 Å². The lowest BCUT2D eigenvalue weighted by molar-refractivity contribution is 0.0690. The van der Waals surface area contributed by atoms with Crippen molar-refractivity contribution in [3.05, 3.63) is 75.9 Å². The summed E-state index contributed by atoms with van der Waals surface area (Å²) >= 11 is 2.78. The second-order valence-electron chi connectivity index (χ2n) is 9.21. The zero-order valence-electron chi connectivity index (χ0n) is 23.3. The van der Waals surface area contributed by atoms with E-state index < -0.39 is 11.8 Å². The fraction of sp³-hybridized carbons (Fsp3) is 0.241. The summed E-state index contributed by atoms with van der Waals surface area (Å²) in [6.45, 7) is 2.89. The molecule has 1 aromatic carbocycles. The molecule has 4 aromatic heterocycles. The highest BCUT2D eigenvalue weighted by Crippen LogP contribution is 2.29. The number of benzene rings is 1. The summed E-state index contributed by atoms with van der Waals surface area (Å²) in [5, 5.41) is 28.7. The third-order valence-corrected chi connectivity index (χ3v) is 8.01. The van der Waals surface area contributed by atoms with Gasteiger partial charge in [0.15, 0.2) is 33.3 Å². The molecule has 4 heterocycles. The molecule has 43 heavy (non-hydrogen) atoms. The number of anilines is 3. The van der Waals surface area contributed by atoms with Crippen molar-refractivity contribution in [1.82, 2.24) is 30.5 Å². The van der Waals surface area contributed by atoms with E-state index in [4.69, 9.17) is 4.74 Å². The molecule has 0 aliphatic rings. The van der Waals surface area contributed by atoms with E-state index in [0.29, 0.717) is 53.1 Å². The fourth-order valence-electron chi connectivity index (χ4n) is 3.94. The van der Waals surface area contributed by atoms with Crippen molar-refractivity contribution in [3.8, 4) is 17.6 Å². The molecule has 0 atom stereocenters. The molecule has 5 aromatic rings. The quantitative estimate of drug-likeness (QED) is 0.110. The number of ether oxygens (including phenoxy) is 1. The molecule has 0 saturated carbocycles. The lowest BCUT2D eigenvalue weighted by Gasteiger charge is -2.07. The first kappa shape index (κ1) is 29.8. The van der Waals surface area contributed by atoms with Crippen LogP contribution in [0.4, 0.5) is 20.5 Å². The standard InChI is InChI=1S/C29H27FN8O3S2/c1-17-13-19(37-38-26(17)36-29-34-21-8-3-4-9-23(21)42-29)15-33-28-35-25(27(39)40)24(43-28)10-6-12-41-22-16-32-18(14-20(22)30)7-5-11-31-2/h3-4,8-9,13-14,16,31H,6,10-12,15H2,1-2H3,(H,33,35)(H,39,40)(H,34,36,38). The molecule has 0 aliphatic carbocycles. The topological polar surface area (TPSA) is 147 Å². The van der Waals surface area contributed by atoms with Crippen LogP contribution in [0.25, 0.3) is 10.2 Å². The van der Waals surface area contributed by atoms with E-state index in [1.807, 2.05) is 37.3 Å². The number of halogens is 1. The van der Waals surface area contributed by atoms with Crippen LogP contribution in [-0.2, 0) is 13.0 Å². The van der Waals surface area contributed by atoms with Crippen LogP contribution in [0.3, 0.4) is 0 Å². The van der Waals surface area contributed by atoms with Gasteiger partial charge in [-0.05, 0) is 56.5 Å². The van der Waals surface area contributed by atoms with Crippen LogP contribution < -0.4 is 20.7 Å². The van der Waals surface area contributed by atoms with E-state index in [-0.39, 0.29) is 18.1 Å². The summed E-state index contributed by atoms with van der Waals surface area (Å²) < 4.78 is 20.9. The Kier molecular flexibility index (Phi) is 9.67. The van der Waals surface area contributed by atoms with Gasteiger partial charge in [0.25, 0.3) is 0 Å². The summed E-state index contributed by atoms with van der Waals surface area (Å²) in [5.41, 5.74) is 2.77. The summed E-state index contributed by atoms with van der Waals surface area (Å²) in [4.78, 5) is 25.3. The molecule has 4 N–H and O–H groups in total. The predicted molar refractivity (Wildman–Crippen MR) is 165 cm³/mol. The highest BCUT2D eigenvalue weighted by Gasteiger charge is 2.18. The van der Waals surface area contributed by atoms with Crippen molar-refractivity contribution in [3.63, 3.8) is 0 Å². The monoisotopic (exact) mass is 618 g/mol. The third-order valence-electron chi connectivity index (χ3n) is 5.98. The molecule has 0 fully saturated rings. The summed E-state index contributed by atoms with van der Waals surface area (Å²) in [5.74, 6) is 4.53. The van der Waals surface area contributed by atoms with Crippen LogP contribution in [-0.4, -0.2) is 56.4 Å². The maximum absolute atomic E-state index is 14.3. The number of carbonyl (C=O) groups is 1. The van der Waals surface area contributed by atoms with Gasteiger partial charge in [-0.2, -0.15) is 5.10 Å². The number of fused-ring (bicyclic) bond motifs is 1. The highest BCUT2D eigenvalue weighted by molar-refractivity contribution is 7.22. The lowest BCUT2D eigenvalue weighted by atomic mass is 10.2. The number of nitrogens with one attached hydrogen (secondary N) is 3. The molecule has 5 rings (SSSR count). The molecule has 14 heteroatoms. The molecule has 0 saturated heterocycles. The van der Waals surface area contributed by atoms with Gasteiger partial charge in [0.1, 0.15) is 5.69 Å². The van der Waals surface area contributed by atoms with Crippen LogP contribution in [0.5, 0.6) is 5.75 Å². The average molecular weight is 619 g/mol. The van der Waals surface area contributed by atoms with Crippen LogP contribution in [0.2, 0.25) is 0 Å². The maximum atomic E-state index is 14.3. The molecule has 0 unspecified atom stereocenters. The molecule has 11 nitrogen and oxygen atoms in total. The van der Waals surface area contributed by atoms with Gasteiger partial charge in [0.2, 0.25) is 0 Å². The Balaban J connectivity index is 1.14. The van der Waals surface area contributed by atoms with Crippen LogP contribution in [0.1, 0.15) is 38.7 Å². The Morgan fingerprint density at radius 3 is 2.77 bits per heavy atom. The number of rotatable bonds is 12. The minimum atomic E-state index is -1.12. The van der Waals surface area contributed by atoms with Gasteiger partial charge in [0, 0.05) is 10.9 Å². The van der Waals surface area contributed by atoms with Crippen molar-refractivity contribution < 1.29 is 19.0 Å². The number of aryl methyl sites for hydroxylation is 2. The van der Waals surface area contributed by atoms with Gasteiger partial charge in [-0.15, -0.1) is 16.4 Å². The van der Waals surface area contributed by atoms with Crippen molar-refractivity contribution in [2.24, 2.45) is 0 Å². The summed E-state index contributed by atoms with van der Waals surface area (Å²) in [6, 6.07) is 11.0. The number of carboxylic acids is 1. The molecule has 220 valence electrons. The van der Waals surface area contributed by atoms with Gasteiger partial charge >= 0.3 is 5.97 Å². The van der Waals surface area contributed by atoms with Gasteiger partial charge in [-0.3, -0.25) is 0 Å². The van der Waals surface area contributed by atoms with Crippen molar-refractivity contribution in [1.29, 1.82) is 0 Å². The Labute approximate surface area is 254 Å². The number of thiazole rings is 2. The summed E-state index contributed by atoms with van der Waals surface area (Å²) in [7, 11) is 1.77. The summed E-state index contributed by atoms with van der Waals surface area (Å²) in [6.07, 6.45) is 2.15. The SMILES string of the molecule is CNCC#Cc1cc(F)c(OCCCc2sc(NCc3cc(C)c(Nc4nc5ccccc5s4)nn3)nc2C(=O)O)cn1. The van der Waals surface area contributed by atoms with Crippen LogP contribution in [0.15, 0.2) is 42.6 Å². The second-order valence-corrected chi connectivity index (χ2v) is 11.3. The van der Waals surface area contributed by atoms with E-state index in [0.717, 1.165) is 20.9 Å². The Morgan fingerprint density at radius 2 is 2.00 bits per heavy atom. The molecular weight excluding hydrogens is 592 g/mol. The number of aromatic nitrogens is 5. The maximum Gasteiger partial charge on any atom is 0.355 e. The van der Waals surface area contributed by atoms with Gasteiger partial charge in [-0.1, -0.05) is 29.4 Å². The first-order valence-corrected chi connectivity index (χ1v) is 14.9. The van der Waals surface area contributed by atoms with E-state index in [1.165, 1.54) is 34.9 Å². The zero-order chi connectivity index (χ0) is 30.2. The smallest absolute Gasteiger partial charge is 0.355 e. The van der Waals surface area contributed by atoms with Crippen molar-refractivity contribution in [2.45, 2.75) is 26.3 Å².